The molecule has 0 radical (unpaired) electrons. The van der Waals surface area contributed by atoms with E-state index < -0.39 is 0 Å². The third-order valence-electron chi connectivity index (χ3n) is 4.88. The Morgan fingerprint density at radius 3 is 2.42 bits per heavy atom. The van der Waals surface area contributed by atoms with Crippen molar-refractivity contribution in [2.45, 2.75) is 0 Å². The first-order valence-electron chi connectivity index (χ1n) is 10.2. The van der Waals surface area contributed by atoms with Crippen molar-refractivity contribution in [3.8, 4) is 0 Å². The fraction of sp³-hybridized carbons (Fsp3) is 0.0800. The van der Waals surface area contributed by atoms with Gasteiger partial charge in [0.25, 0.3) is 0 Å². The maximum Gasteiger partial charge on any atom is 0.247 e. The first-order valence-corrected chi connectivity index (χ1v) is 10.6. The van der Waals surface area contributed by atoms with E-state index in [-0.39, 0.29) is 5.91 Å². The van der Waals surface area contributed by atoms with Gasteiger partial charge in [0.1, 0.15) is 5.82 Å². The first-order chi connectivity index (χ1) is 15.9. The lowest BCUT2D eigenvalue weighted by Crippen LogP contribution is -2.08. The number of rotatable bonds is 7. The van der Waals surface area contributed by atoms with Crippen molar-refractivity contribution in [2.24, 2.45) is 0 Å². The summed E-state index contributed by atoms with van der Waals surface area (Å²) in [7, 11) is 3.99. The van der Waals surface area contributed by atoms with Gasteiger partial charge in [-0.05, 0) is 66.7 Å². The van der Waals surface area contributed by atoms with Gasteiger partial charge in [0.2, 0.25) is 11.9 Å². The Morgan fingerprint density at radius 1 is 0.939 bits per heavy atom. The summed E-state index contributed by atoms with van der Waals surface area (Å²) in [6.07, 6.45) is 1.23. The minimum atomic E-state index is -0.279. The molecular weight excluding hydrogens is 436 g/mol. The molecule has 4 rings (SSSR count). The lowest BCUT2D eigenvalue weighted by atomic mass is 10.2. The van der Waals surface area contributed by atoms with E-state index in [4.69, 9.17) is 16.6 Å². The summed E-state index contributed by atoms with van der Waals surface area (Å²) in [5, 5.41) is 10.7. The second-order valence-corrected chi connectivity index (χ2v) is 7.96. The number of hydrogen-bond acceptors (Lipinski definition) is 6. The zero-order chi connectivity index (χ0) is 23.4. The van der Waals surface area contributed by atoms with Crippen LogP contribution in [0.15, 0.2) is 79.4 Å². The van der Waals surface area contributed by atoms with Crippen molar-refractivity contribution in [1.29, 1.82) is 0 Å². The molecule has 7 nitrogen and oxygen atoms in total. The van der Waals surface area contributed by atoms with Gasteiger partial charge in [0.15, 0.2) is 0 Å². The highest BCUT2D eigenvalue weighted by molar-refractivity contribution is 6.31. The average Bonchev–Trinajstić information content (AvgIpc) is 2.80. The third kappa shape index (κ3) is 5.39. The molecule has 166 valence electrons. The maximum absolute atomic E-state index is 11.6. The van der Waals surface area contributed by atoms with Gasteiger partial charge in [-0.1, -0.05) is 24.2 Å². The van der Waals surface area contributed by atoms with Crippen LogP contribution in [-0.4, -0.2) is 30.0 Å². The van der Waals surface area contributed by atoms with Crippen LogP contribution in [0.1, 0.15) is 0 Å². The fourth-order valence-electron chi connectivity index (χ4n) is 3.23. The van der Waals surface area contributed by atoms with E-state index in [0.29, 0.717) is 22.5 Å². The van der Waals surface area contributed by atoms with E-state index >= 15 is 0 Å². The minimum absolute atomic E-state index is 0.279. The number of amides is 1. The van der Waals surface area contributed by atoms with Gasteiger partial charge in [0.05, 0.1) is 5.52 Å². The quantitative estimate of drug-likeness (QED) is 0.296. The standard InChI is InChI=1S/C25H23ClN6O/c1-4-23(33)27-18-6-5-7-19(15-18)28-24-21-14-16(26)8-13-22(21)30-25(31-24)29-17-9-11-20(12-10-17)32(2)3/h4-15H,1H2,2-3H3,(H,27,33)(H2,28,29,30,31). The van der Waals surface area contributed by atoms with Crippen LogP contribution in [0.4, 0.5) is 34.5 Å². The molecule has 8 heteroatoms. The zero-order valence-electron chi connectivity index (χ0n) is 18.3. The van der Waals surface area contributed by atoms with Crippen LogP contribution in [0.2, 0.25) is 5.02 Å². The van der Waals surface area contributed by atoms with Crippen molar-refractivity contribution in [3.05, 3.63) is 84.4 Å². The largest absolute Gasteiger partial charge is 0.378 e. The Balaban J connectivity index is 1.68. The molecule has 0 fully saturated rings. The molecule has 0 aliphatic carbocycles. The maximum atomic E-state index is 11.6. The minimum Gasteiger partial charge on any atom is -0.378 e. The number of hydrogen-bond donors (Lipinski definition) is 3. The highest BCUT2D eigenvalue weighted by atomic mass is 35.5. The number of benzene rings is 3. The van der Waals surface area contributed by atoms with Crippen molar-refractivity contribution < 1.29 is 4.79 Å². The van der Waals surface area contributed by atoms with E-state index in [1.807, 2.05) is 73.6 Å². The molecule has 0 bridgehead atoms. The van der Waals surface area contributed by atoms with Gasteiger partial charge < -0.3 is 20.9 Å². The summed E-state index contributed by atoms with van der Waals surface area (Å²) < 4.78 is 0. The molecular formula is C25H23ClN6O. The highest BCUT2D eigenvalue weighted by Crippen LogP contribution is 2.29. The molecule has 1 amide bonds. The summed E-state index contributed by atoms with van der Waals surface area (Å²) in [6.45, 7) is 3.48. The number of anilines is 6. The Bertz CT molecular complexity index is 1320. The fourth-order valence-corrected chi connectivity index (χ4v) is 3.40. The molecule has 1 heterocycles. The molecule has 0 spiro atoms. The highest BCUT2D eigenvalue weighted by Gasteiger charge is 2.10. The van der Waals surface area contributed by atoms with Crippen molar-refractivity contribution in [1.82, 2.24) is 9.97 Å². The SMILES string of the molecule is C=CC(=O)Nc1cccc(Nc2nc(Nc3ccc(N(C)C)cc3)nc3ccc(Cl)cc23)c1. The van der Waals surface area contributed by atoms with Crippen LogP contribution >= 0.6 is 11.6 Å². The van der Waals surface area contributed by atoms with Crippen molar-refractivity contribution in [3.63, 3.8) is 0 Å². The number of carbonyl (C=O) groups is 1. The Kier molecular flexibility index (Phi) is 6.42. The Hall–Kier alpha value is -4.10. The molecule has 3 aromatic carbocycles. The normalized spacial score (nSPS) is 10.5. The predicted molar refractivity (Wildman–Crippen MR) is 137 cm³/mol. The molecule has 33 heavy (non-hydrogen) atoms. The van der Waals surface area contributed by atoms with Gasteiger partial charge in [-0.15, -0.1) is 0 Å². The molecule has 0 saturated carbocycles. The second-order valence-electron chi connectivity index (χ2n) is 7.52. The van der Waals surface area contributed by atoms with E-state index in [0.717, 1.165) is 28.0 Å². The van der Waals surface area contributed by atoms with Crippen LogP contribution in [-0.2, 0) is 4.79 Å². The van der Waals surface area contributed by atoms with Crippen LogP contribution in [0.25, 0.3) is 10.9 Å². The lowest BCUT2D eigenvalue weighted by Gasteiger charge is -2.14. The number of carbonyl (C=O) groups excluding carboxylic acids is 1. The molecule has 0 saturated heterocycles. The van der Waals surface area contributed by atoms with E-state index in [9.17, 15) is 4.79 Å². The Labute approximate surface area is 197 Å². The van der Waals surface area contributed by atoms with Crippen molar-refractivity contribution >= 4 is 62.9 Å². The summed E-state index contributed by atoms with van der Waals surface area (Å²) in [6, 6.07) is 20.8. The third-order valence-corrected chi connectivity index (χ3v) is 5.11. The van der Waals surface area contributed by atoms with Crippen LogP contribution in [0.5, 0.6) is 0 Å². The monoisotopic (exact) mass is 458 g/mol. The van der Waals surface area contributed by atoms with E-state index in [1.165, 1.54) is 6.08 Å². The number of fused-ring (bicyclic) bond motifs is 1. The summed E-state index contributed by atoms with van der Waals surface area (Å²) >= 11 is 6.24. The molecule has 0 aliphatic heterocycles. The molecule has 3 N–H and O–H groups in total. The van der Waals surface area contributed by atoms with Gasteiger partial charge in [-0.25, -0.2) is 4.98 Å². The van der Waals surface area contributed by atoms with Gasteiger partial charge in [-0.2, -0.15) is 4.98 Å². The summed E-state index contributed by atoms with van der Waals surface area (Å²) in [5.74, 6) is 0.751. The number of aromatic nitrogens is 2. The molecule has 1 aromatic heterocycles. The number of nitrogens with one attached hydrogen (secondary N) is 3. The van der Waals surface area contributed by atoms with Crippen molar-refractivity contribution in [2.75, 3.05) is 34.9 Å². The molecule has 4 aromatic rings. The van der Waals surface area contributed by atoms with E-state index in [2.05, 4.69) is 27.5 Å². The second kappa shape index (κ2) is 9.58. The first kappa shape index (κ1) is 22.1. The topological polar surface area (TPSA) is 82.2 Å². The summed E-state index contributed by atoms with van der Waals surface area (Å²) in [4.78, 5) is 23.0. The average molecular weight is 459 g/mol. The van der Waals surface area contributed by atoms with Gasteiger partial charge >= 0.3 is 0 Å². The lowest BCUT2D eigenvalue weighted by molar-refractivity contribution is -0.111. The predicted octanol–water partition coefficient (Wildman–Crippen LogP) is 5.96. The number of halogens is 1. The van der Waals surface area contributed by atoms with Gasteiger partial charge in [-0.3, -0.25) is 4.79 Å². The molecule has 0 aliphatic rings. The van der Waals surface area contributed by atoms with Crippen LogP contribution in [0.3, 0.4) is 0 Å². The van der Waals surface area contributed by atoms with Crippen LogP contribution < -0.4 is 20.9 Å². The Morgan fingerprint density at radius 2 is 1.70 bits per heavy atom. The zero-order valence-corrected chi connectivity index (χ0v) is 19.0. The number of nitrogens with zero attached hydrogens (tertiary/aromatic N) is 3. The smallest absolute Gasteiger partial charge is 0.247 e. The van der Waals surface area contributed by atoms with Crippen LogP contribution in [0, 0.1) is 0 Å². The molecule has 0 atom stereocenters. The summed E-state index contributed by atoms with van der Waals surface area (Å²) in [5.41, 5.74) is 4.09. The van der Waals surface area contributed by atoms with E-state index in [1.54, 1.807) is 12.1 Å². The van der Waals surface area contributed by atoms with Gasteiger partial charge in [0, 0.05) is 47.3 Å². The molecule has 0 unspecified atom stereocenters.